The lowest BCUT2D eigenvalue weighted by atomic mass is 10.1. The van der Waals surface area contributed by atoms with Crippen LogP contribution in [0.15, 0.2) is 24.3 Å². The second kappa shape index (κ2) is 4.82. The summed E-state index contributed by atoms with van der Waals surface area (Å²) < 4.78 is 6.20. The molecule has 3 heteroatoms. The van der Waals surface area contributed by atoms with Crippen molar-refractivity contribution in [2.75, 3.05) is 0 Å². The van der Waals surface area contributed by atoms with E-state index in [0.717, 1.165) is 11.3 Å². The average Bonchev–Trinajstić information content (AvgIpc) is 2.16. The van der Waals surface area contributed by atoms with E-state index in [-0.39, 0.29) is 11.1 Å². The molecule has 1 aromatic carbocycles. The third-order valence-corrected chi connectivity index (χ3v) is 7.94. The predicted octanol–water partition coefficient (Wildman–Crippen LogP) is 4.09. The van der Waals surface area contributed by atoms with Crippen LogP contribution in [0.3, 0.4) is 0 Å². The van der Waals surface area contributed by atoms with Crippen LogP contribution in [0.2, 0.25) is 18.1 Å². The second-order valence-corrected chi connectivity index (χ2v) is 10.9. The average molecular weight is 251 g/mol. The highest BCUT2D eigenvalue weighted by atomic mass is 28.4. The summed E-state index contributed by atoms with van der Waals surface area (Å²) in [6.45, 7) is 13.2. The zero-order chi connectivity index (χ0) is 13.3. The van der Waals surface area contributed by atoms with E-state index in [2.05, 4.69) is 33.9 Å². The molecule has 2 nitrogen and oxygen atoms in total. The van der Waals surface area contributed by atoms with Crippen LogP contribution in [0, 0.1) is 0 Å². The van der Waals surface area contributed by atoms with Crippen LogP contribution in [0.5, 0.6) is 5.75 Å². The molecule has 0 spiro atoms. The van der Waals surface area contributed by atoms with Gasteiger partial charge in [-0.05, 0) is 42.8 Å². The molecule has 1 aromatic rings. The summed E-state index contributed by atoms with van der Waals surface area (Å²) in [5.41, 5.74) is 6.97. The van der Waals surface area contributed by atoms with Gasteiger partial charge in [0.2, 0.25) is 8.32 Å². The lowest BCUT2D eigenvalue weighted by Crippen LogP contribution is -2.43. The molecule has 96 valence electrons. The fourth-order valence-corrected chi connectivity index (χ4v) is 2.32. The van der Waals surface area contributed by atoms with Crippen molar-refractivity contribution in [1.29, 1.82) is 0 Å². The SMILES string of the molecule is CC(N)c1ccc(O[Si](C)(C)C(C)(C)C)cc1. The first-order valence-electron chi connectivity index (χ1n) is 6.18. The Kier molecular flexibility index (Phi) is 4.05. The molecule has 0 aliphatic rings. The zero-order valence-corrected chi connectivity index (χ0v) is 12.9. The molecule has 2 N–H and O–H groups in total. The monoisotopic (exact) mass is 251 g/mol. The van der Waals surface area contributed by atoms with Crippen molar-refractivity contribution in [2.24, 2.45) is 5.73 Å². The van der Waals surface area contributed by atoms with Gasteiger partial charge in [-0.3, -0.25) is 0 Å². The standard InChI is InChI=1S/C14H25NOSi/c1-11(15)12-7-9-13(10-8-12)16-17(5,6)14(2,3)4/h7-11H,15H2,1-6H3. The van der Waals surface area contributed by atoms with Crippen molar-refractivity contribution in [3.8, 4) is 5.75 Å². The topological polar surface area (TPSA) is 35.2 Å². The van der Waals surface area contributed by atoms with E-state index < -0.39 is 8.32 Å². The van der Waals surface area contributed by atoms with Crippen LogP contribution in [0.1, 0.15) is 39.3 Å². The van der Waals surface area contributed by atoms with Gasteiger partial charge in [-0.25, -0.2) is 0 Å². The Morgan fingerprint density at radius 3 is 1.94 bits per heavy atom. The zero-order valence-electron chi connectivity index (χ0n) is 11.9. The summed E-state index contributed by atoms with van der Waals surface area (Å²) >= 11 is 0. The van der Waals surface area contributed by atoms with Crippen molar-refractivity contribution in [2.45, 2.75) is 51.9 Å². The van der Waals surface area contributed by atoms with Crippen LogP contribution in [-0.4, -0.2) is 8.32 Å². The molecular weight excluding hydrogens is 226 g/mol. The number of hydrogen-bond acceptors (Lipinski definition) is 2. The minimum Gasteiger partial charge on any atom is -0.544 e. The van der Waals surface area contributed by atoms with Gasteiger partial charge in [0, 0.05) is 6.04 Å². The maximum atomic E-state index is 6.20. The minimum absolute atomic E-state index is 0.0805. The van der Waals surface area contributed by atoms with Crippen LogP contribution in [0.4, 0.5) is 0 Å². The molecule has 0 aliphatic heterocycles. The summed E-state index contributed by atoms with van der Waals surface area (Å²) in [6, 6.07) is 8.23. The molecule has 0 radical (unpaired) electrons. The van der Waals surface area contributed by atoms with Gasteiger partial charge in [-0.2, -0.15) is 0 Å². The van der Waals surface area contributed by atoms with Crippen molar-refractivity contribution in [3.63, 3.8) is 0 Å². The Labute approximate surface area is 106 Å². The largest absolute Gasteiger partial charge is 0.544 e. The lowest BCUT2D eigenvalue weighted by Gasteiger charge is -2.36. The second-order valence-electron chi connectivity index (χ2n) is 6.22. The van der Waals surface area contributed by atoms with E-state index in [1.165, 1.54) is 0 Å². The van der Waals surface area contributed by atoms with Gasteiger partial charge >= 0.3 is 0 Å². The maximum Gasteiger partial charge on any atom is 0.250 e. The molecule has 17 heavy (non-hydrogen) atoms. The number of nitrogens with two attached hydrogens (primary N) is 1. The maximum absolute atomic E-state index is 6.20. The molecule has 1 rings (SSSR count). The van der Waals surface area contributed by atoms with Gasteiger partial charge in [0.1, 0.15) is 5.75 Å². The van der Waals surface area contributed by atoms with E-state index in [1.54, 1.807) is 0 Å². The fourth-order valence-electron chi connectivity index (χ4n) is 1.29. The summed E-state index contributed by atoms with van der Waals surface area (Å²) in [5.74, 6) is 0.959. The fraction of sp³-hybridized carbons (Fsp3) is 0.571. The normalized spacial score (nSPS) is 14.5. The van der Waals surface area contributed by atoms with Gasteiger partial charge in [-0.1, -0.05) is 32.9 Å². The molecule has 0 amide bonds. The molecule has 0 bridgehead atoms. The quantitative estimate of drug-likeness (QED) is 0.821. The Balaban J connectivity index is 2.83. The molecule has 1 atom stereocenters. The first-order valence-corrected chi connectivity index (χ1v) is 9.09. The van der Waals surface area contributed by atoms with E-state index in [9.17, 15) is 0 Å². The van der Waals surface area contributed by atoms with Crippen LogP contribution >= 0.6 is 0 Å². The molecule has 0 aromatic heterocycles. The lowest BCUT2D eigenvalue weighted by molar-refractivity contribution is 0.492. The van der Waals surface area contributed by atoms with Crippen LogP contribution in [-0.2, 0) is 0 Å². The van der Waals surface area contributed by atoms with Crippen molar-refractivity contribution in [3.05, 3.63) is 29.8 Å². The van der Waals surface area contributed by atoms with Crippen LogP contribution < -0.4 is 10.2 Å². The highest BCUT2D eigenvalue weighted by molar-refractivity contribution is 6.74. The Morgan fingerprint density at radius 1 is 1.12 bits per heavy atom. The van der Waals surface area contributed by atoms with Gasteiger partial charge in [0.25, 0.3) is 0 Å². The van der Waals surface area contributed by atoms with Crippen LogP contribution in [0.25, 0.3) is 0 Å². The molecular formula is C14H25NOSi. The molecule has 0 aliphatic carbocycles. The summed E-state index contributed by atoms with van der Waals surface area (Å²) in [5, 5.41) is 0.229. The summed E-state index contributed by atoms with van der Waals surface area (Å²) in [6.07, 6.45) is 0. The molecule has 0 saturated heterocycles. The van der Waals surface area contributed by atoms with Crippen molar-refractivity contribution >= 4 is 8.32 Å². The van der Waals surface area contributed by atoms with Crippen molar-refractivity contribution in [1.82, 2.24) is 0 Å². The Morgan fingerprint density at radius 2 is 1.59 bits per heavy atom. The van der Waals surface area contributed by atoms with E-state index in [4.69, 9.17) is 10.2 Å². The third kappa shape index (κ3) is 3.58. The van der Waals surface area contributed by atoms with E-state index in [1.807, 2.05) is 31.2 Å². The molecule has 1 unspecified atom stereocenters. The third-order valence-electron chi connectivity index (χ3n) is 3.59. The smallest absolute Gasteiger partial charge is 0.250 e. The van der Waals surface area contributed by atoms with E-state index in [0.29, 0.717) is 0 Å². The van der Waals surface area contributed by atoms with Crippen molar-refractivity contribution < 1.29 is 4.43 Å². The summed E-state index contributed by atoms with van der Waals surface area (Å²) in [7, 11) is -1.72. The number of rotatable bonds is 3. The molecule has 0 fully saturated rings. The first kappa shape index (κ1) is 14.3. The Hall–Kier alpha value is -0.803. The highest BCUT2D eigenvalue weighted by Gasteiger charge is 2.38. The number of benzene rings is 1. The number of hydrogen-bond donors (Lipinski definition) is 1. The minimum atomic E-state index is -1.72. The van der Waals surface area contributed by atoms with Gasteiger partial charge < -0.3 is 10.2 Å². The first-order chi connectivity index (χ1) is 7.63. The van der Waals surface area contributed by atoms with Gasteiger partial charge in [-0.15, -0.1) is 0 Å². The molecule has 0 heterocycles. The highest BCUT2D eigenvalue weighted by Crippen LogP contribution is 2.37. The van der Waals surface area contributed by atoms with E-state index >= 15 is 0 Å². The Bertz CT molecular complexity index is 363. The van der Waals surface area contributed by atoms with Gasteiger partial charge in [0.05, 0.1) is 0 Å². The molecule has 0 saturated carbocycles. The summed E-state index contributed by atoms with van der Waals surface area (Å²) in [4.78, 5) is 0. The predicted molar refractivity (Wildman–Crippen MR) is 76.9 cm³/mol. The van der Waals surface area contributed by atoms with Gasteiger partial charge in [0.15, 0.2) is 0 Å².